The van der Waals surface area contributed by atoms with Gasteiger partial charge in [-0.2, -0.15) is 0 Å². The number of hydrogen-bond acceptors (Lipinski definition) is 3. The summed E-state index contributed by atoms with van der Waals surface area (Å²) in [5, 5.41) is 3.01. The molecule has 26 heavy (non-hydrogen) atoms. The number of rotatable bonds is 9. The van der Waals surface area contributed by atoms with E-state index in [1.807, 2.05) is 43.3 Å². The molecular formula is C22H29NO3. The zero-order valence-electron chi connectivity index (χ0n) is 16.2. The highest BCUT2D eigenvalue weighted by atomic mass is 16.5. The van der Waals surface area contributed by atoms with Crippen LogP contribution in [0.2, 0.25) is 0 Å². The molecule has 0 aromatic heterocycles. The second-order valence-corrected chi connectivity index (χ2v) is 6.63. The predicted molar refractivity (Wildman–Crippen MR) is 106 cm³/mol. The minimum Gasteiger partial charge on any atom is -0.494 e. The summed E-state index contributed by atoms with van der Waals surface area (Å²) in [5.41, 5.74) is 3.46. The maximum absolute atomic E-state index is 12.7. The molecule has 0 aliphatic carbocycles. The quantitative estimate of drug-likeness (QED) is 0.683. The van der Waals surface area contributed by atoms with Gasteiger partial charge in [0.05, 0.1) is 13.2 Å². The summed E-state index contributed by atoms with van der Waals surface area (Å²) in [4.78, 5) is 12.7. The number of ether oxygens (including phenoxy) is 2. The molecule has 0 bridgehead atoms. The lowest BCUT2D eigenvalue weighted by atomic mass is 10.1. The van der Waals surface area contributed by atoms with Gasteiger partial charge in [0.1, 0.15) is 5.75 Å². The van der Waals surface area contributed by atoms with Crippen LogP contribution in [0.5, 0.6) is 5.75 Å². The van der Waals surface area contributed by atoms with E-state index in [9.17, 15) is 4.79 Å². The number of hydrogen-bond donors (Lipinski definition) is 1. The van der Waals surface area contributed by atoms with Gasteiger partial charge >= 0.3 is 0 Å². The minimum atomic E-state index is -0.126. The number of aryl methyl sites for hydroxylation is 1. The van der Waals surface area contributed by atoms with Gasteiger partial charge in [-0.3, -0.25) is 4.79 Å². The van der Waals surface area contributed by atoms with Crippen LogP contribution in [0.25, 0.3) is 0 Å². The first-order valence-corrected chi connectivity index (χ1v) is 9.27. The van der Waals surface area contributed by atoms with Gasteiger partial charge < -0.3 is 14.8 Å². The molecule has 2 rings (SSSR count). The molecule has 0 saturated carbocycles. The summed E-state index contributed by atoms with van der Waals surface area (Å²) in [5.74, 6) is 1.10. The van der Waals surface area contributed by atoms with E-state index < -0.39 is 0 Å². The Kier molecular flexibility index (Phi) is 7.67. The molecule has 0 atom stereocenters. The van der Waals surface area contributed by atoms with Crippen molar-refractivity contribution in [2.45, 2.75) is 40.7 Å². The topological polar surface area (TPSA) is 47.6 Å². The van der Waals surface area contributed by atoms with Crippen molar-refractivity contribution in [2.75, 3.05) is 18.5 Å². The third-order valence-electron chi connectivity index (χ3n) is 3.98. The van der Waals surface area contributed by atoms with Crippen molar-refractivity contribution in [2.24, 2.45) is 5.92 Å². The lowest BCUT2D eigenvalue weighted by molar-refractivity contribution is 0.0948. The fourth-order valence-corrected chi connectivity index (χ4v) is 2.68. The van der Waals surface area contributed by atoms with Crippen LogP contribution in [0.4, 0.5) is 5.69 Å². The van der Waals surface area contributed by atoms with Gasteiger partial charge in [0, 0.05) is 23.4 Å². The van der Waals surface area contributed by atoms with E-state index in [1.165, 1.54) is 0 Å². The third-order valence-corrected chi connectivity index (χ3v) is 3.98. The van der Waals surface area contributed by atoms with E-state index in [2.05, 4.69) is 26.1 Å². The van der Waals surface area contributed by atoms with E-state index >= 15 is 0 Å². The van der Waals surface area contributed by atoms with Crippen molar-refractivity contribution < 1.29 is 14.3 Å². The molecule has 4 heteroatoms. The molecule has 4 nitrogen and oxygen atoms in total. The predicted octanol–water partition coefficient (Wildman–Crippen LogP) is 5.07. The smallest absolute Gasteiger partial charge is 0.255 e. The second-order valence-electron chi connectivity index (χ2n) is 6.63. The van der Waals surface area contributed by atoms with Crippen molar-refractivity contribution in [1.82, 2.24) is 0 Å². The second kappa shape index (κ2) is 9.97. The Balaban J connectivity index is 2.18. The molecule has 1 N–H and O–H groups in total. The number of anilines is 1. The Labute approximate surface area is 156 Å². The average molecular weight is 355 g/mol. The lowest BCUT2D eigenvalue weighted by Gasteiger charge is -2.14. The van der Waals surface area contributed by atoms with Crippen molar-refractivity contribution in [3.05, 3.63) is 59.2 Å². The van der Waals surface area contributed by atoms with Crippen molar-refractivity contribution in [3.63, 3.8) is 0 Å². The van der Waals surface area contributed by atoms with Crippen LogP contribution >= 0.6 is 0 Å². The third kappa shape index (κ3) is 5.60. The first-order valence-electron chi connectivity index (χ1n) is 9.27. The van der Waals surface area contributed by atoms with Crippen LogP contribution in [-0.4, -0.2) is 19.1 Å². The number of carbonyl (C=O) groups is 1. The van der Waals surface area contributed by atoms with E-state index in [1.54, 1.807) is 6.07 Å². The Bertz CT molecular complexity index is 725. The van der Waals surface area contributed by atoms with Crippen LogP contribution in [0.15, 0.2) is 42.5 Å². The van der Waals surface area contributed by atoms with Crippen molar-refractivity contribution in [3.8, 4) is 5.75 Å². The molecule has 1 amide bonds. The normalized spacial score (nSPS) is 10.8. The maximum Gasteiger partial charge on any atom is 0.255 e. The number of benzene rings is 2. The highest BCUT2D eigenvalue weighted by Gasteiger charge is 2.12. The molecule has 0 spiro atoms. The van der Waals surface area contributed by atoms with Crippen LogP contribution in [0.3, 0.4) is 0 Å². The summed E-state index contributed by atoms with van der Waals surface area (Å²) in [7, 11) is 0. The molecule has 0 saturated heterocycles. The molecule has 0 unspecified atom stereocenters. The van der Waals surface area contributed by atoms with Crippen LogP contribution in [0, 0.1) is 5.92 Å². The van der Waals surface area contributed by atoms with Gasteiger partial charge in [0.25, 0.3) is 5.91 Å². The van der Waals surface area contributed by atoms with Crippen molar-refractivity contribution >= 4 is 11.6 Å². The van der Waals surface area contributed by atoms with E-state index in [0.717, 1.165) is 29.0 Å². The average Bonchev–Trinajstić information content (AvgIpc) is 2.63. The van der Waals surface area contributed by atoms with E-state index in [0.29, 0.717) is 31.3 Å². The molecule has 2 aromatic rings. The summed E-state index contributed by atoms with van der Waals surface area (Å²) >= 11 is 0. The Morgan fingerprint density at radius 1 is 1.08 bits per heavy atom. The molecule has 2 aromatic carbocycles. The summed E-state index contributed by atoms with van der Waals surface area (Å²) in [6.07, 6.45) is 0.869. The van der Waals surface area contributed by atoms with Gasteiger partial charge in [-0.05, 0) is 49.1 Å². The maximum atomic E-state index is 12.7. The highest BCUT2D eigenvalue weighted by Crippen LogP contribution is 2.23. The van der Waals surface area contributed by atoms with Gasteiger partial charge in [-0.1, -0.05) is 39.0 Å². The summed E-state index contributed by atoms with van der Waals surface area (Å²) < 4.78 is 11.4. The van der Waals surface area contributed by atoms with Gasteiger partial charge in [0.2, 0.25) is 0 Å². The number of nitrogens with one attached hydrogen (secondary N) is 1. The summed E-state index contributed by atoms with van der Waals surface area (Å²) in [6, 6.07) is 13.4. The number of para-hydroxylation sites is 1. The zero-order valence-corrected chi connectivity index (χ0v) is 16.2. The fraction of sp³-hybridized carbons (Fsp3) is 0.409. The minimum absolute atomic E-state index is 0.126. The first kappa shape index (κ1) is 20.0. The van der Waals surface area contributed by atoms with Crippen LogP contribution in [0.1, 0.15) is 49.2 Å². The summed E-state index contributed by atoms with van der Waals surface area (Å²) in [6.45, 7) is 9.92. The van der Waals surface area contributed by atoms with Crippen LogP contribution < -0.4 is 10.1 Å². The molecule has 0 fully saturated rings. The van der Waals surface area contributed by atoms with Crippen molar-refractivity contribution in [1.29, 1.82) is 0 Å². The van der Waals surface area contributed by atoms with Gasteiger partial charge in [-0.15, -0.1) is 0 Å². The van der Waals surface area contributed by atoms with Gasteiger partial charge in [0.15, 0.2) is 0 Å². The standard InChI is InChI=1S/C22H29NO3/c1-5-17-9-7-8-10-20(17)23-22(24)18-11-12-21(26-6-2)19(13-18)15-25-14-16(3)4/h7-13,16H,5-6,14-15H2,1-4H3,(H,23,24). The number of carbonyl (C=O) groups excluding carboxylic acids is 1. The van der Waals surface area contributed by atoms with Crippen LogP contribution in [-0.2, 0) is 17.8 Å². The molecule has 0 heterocycles. The largest absolute Gasteiger partial charge is 0.494 e. The van der Waals surface area contributed by atoms with E-state index in [4.69, 9.17) is 9.47 Å². The lowest BCUT2D eigenvalue weighted by Crippen LogP contribution is -2.14. The molecule has 0 radical (unpaired) electrons. The molecule has 0 aliphatic rings. The van der Waals surface area contributed by atoms with E-state index in [-0.39, 0.29) is 5.91 Å². The van der Waals surface area contributed by atoms with Gasteiger partial charge in [-0.25, -0.2) is 0 Å². The highest BCUT2D eigenvalue weighted by molar-refractivity contribution is 6.04. The monoisotopic (exact) mass is 355 g/mol. The Hall–Kier alpha value is -2.33. The fourth-order valence-electron chi connectivity index (χ4n) is 2.68. The molecular weight excluding hydrogens is 326 g/mol. The first-order chi connectivity index (χ1) is 12.5. The molecule has 140 valence electrons. The Morgan fingerprint density at radius 3 is 2.54 bits per heavy atom. The number of amides is 1. The molecule has 0 aliphatic heterocycles. The zero-order chi connectivity index (χ0) is 18.9. The Morgan fingerprint density at radius 2 is 1.85 bits per heavy atom. The SMILES string of the molecule is CCOc1ccc(C(=O)Nc2ccccc2CC)cc1COCC(C)C.